The number of hydrogen-bond donors (Lipinski definition) is 1. The molecule has 0 aromatic heterocycles. The molecule has 0 radical (unpaired) electrons. The number of thiocarbonyl (C=S) groups is 1. The van der Waals surface area contributed by atoms with E-state index in [1.165, 1.54) is 103 Å². The fourth-order valence-corrected chi connectivity index (χ4v) is 3.13. The Bertz CT molecular complexity index is 240. The summed E-state index contributed by atoms with van der Waals surface area (Å²) in [6.07, 6.45) is 23.9. The molecular weight excluding hydrogens is 298 g/mol. The third kappa shape index (κ3) is 19.8. The summed E-state index contributed by atoms with van der Waals surface area (Å²) in [4.78, 5) is 1.02. The van der Waals surface area contributed by atoms with E-state index < -0.39 is 0 Å². The molecule has 23 heavy (non-hydrogen) atoms. The lowest BCUT2D eigenvalue weighted by Crippen LogP contribution is -2.21. The normalized spacial score (nSPS) is 10.9. The second-order valence-electron chi connectivity index (χ2n) is 7.01. The van der Waals surface area contributed by atoms with E-state index in [2.05, 4.69) is 19.2 Å². The molecule has 0 fully saturated rings. The molecule has 0 aromatic carbocycles. The van der Waals surface area contributed by atoms with Gasteiger partial charge in [0.25, 0.3) is 0 Å². The summed E-state index contributed by atoms with van der Waals surface area (Å²) >= 11 is 5.15. The van der Waals surface area contributed by atoms with Crippen LogP contribution in [-0.2, 0) is 0 Å². The molecule has 0 amide bonds. The number of hydrogen-bond acceptors (Lipinski definition) is 1. The van der Waals surface area contributed by atoms with E-state index in [1.54, 1.807) is 0 Å². The van der Waals surface area contributed by atoms with Crippen LogP contribution < -0.4 is 5.32 Å². The van der Waals surface area contributed by atoms with Gasteiger partial charge in [-0.2, -0.15) is 0 Å². The Kier molecular flexibility index (Phi) is 19.8. The van der Waals surface area contributed by atoms with Gasteiger partial charge >= 0.3 is 0 Å². The highest BCUT2D eigenvalue weighted by Gasteiger charge is 1.95. The summed E-state index contributed by atoms with van der Waals surface area (Å²) in [5.74, 6) is 0. The smallest absolute Gasteiger partial charge is 0.0750 e. The molecule has 0 aliphatic rings. The minimum Gasteiger partial charge on any atom is -0.380 e. The molecule has 0 aromatic rings. The molecule has 0 saturated carbocycles. The fourth-order valence-electron chi connectivity index (χ4n) is 3.03. The van der Waals surface area contributed by atoms with Crippen molar-refractivity contribution in [2.45, 2.75) is 123 Å². The number of nitrogens with one attached hydrogen (secondary N) is 1. The zero-order chi connectivity index (χ0) is 17.0. The minimum absolute atomic E-state index is 0.980. The Morgan fingerprint density at radius 3 is 1.26 bits per heavy atom. The van der Waals surface area contributed by atoms with Crippen LogP contribution in [0.3, 0.4) is 0 Å². The zero-order valence-corrected chi connectivity index (χ0v) is 17.0. The van der Waals surface area contributed by atoms with Crippen LogP contribution in [0.4, 0.5) is 0 Å². The van der Waals surface area contributed by atoms with Gasteiger partial charge in [-0.3, -0.25) is 0 Å². The molecule has 0 heterocycles. The first-order chi connectivity index (χ1) is 11.3. The van der Waals surface area contributed by atoms with Gasteiger partial charge in [-0.15, -0.1) is 0 Å². The molecule has 0 atom stereocenters. The summed E-state index contributed by atoms with van der Waals surface area (Å²) in [6.45, 7) is 5.48. The molecule has 0 unspecified atom stereocenters. The monoisotopic (exact) mass is 341 g/mol. The van der Waals surface area contributed by atoms with Crippen LogP contribution in [0.1, 0.15) is 123 Å². The van der Waals surface area contributed by atoms with Gasteiger partial charge in [0.15, 0.2) is 0 Å². The Labute approximate surface area is 152 Å². The van der Waals surface area contributed by atoms with Crippen LogP contribution in [0.5, 0.6) is 0 Å². The molecule has 0 rings (SSSR count). The van der Waals surface area contributed by atoms with Crippen LogP contribution in [-0.4, -0.2) is 11.5 Å². The van der Waals surface area contributed by atoms with Crippen molar-refractivity contribution in [2.24, 2.45) is 0 Å². The summed E-state index contributed by atoms with van der Waals surface area (Å²) in [7, 11) is 0. The molecule has 0 aliphatic carbocycles. The molecule has 0 bridgehead atoms. The molecule has 0 saturated heterocycles. The average Bonchev–Trinajstić information content (AvgIpc) is 2.57. The van der Waals surface area contributed by atoms with Crippen molar-refractivity contribution in [2.75, 3.05) is 6.54 Å². The highest BCUT2D eigenvalue weighted by atomic mass is 32.1. The van der Waals surface area contributed by atoms with Crippen LogP contribution in [0.15, 0.2) is 0 Å². The van der Waals surface area contributed by atoms with Gasteiger partial charge in [-0.25, -0.2) is 0 Å². The largest absolute Gasteiger partial charge is 0.380 e. The van der Waals surface area contributed by atoms with Crippen molar-refractivity contribution in [3.63, 3.8) is 0 Å². The second-order valence-corrected chi connectivity index (χ2v) is 7.50. The van der Waals surface area contributed by atoms with Gasteiger partial charge in [-0.05, 0) is 12.8 Å². The second kappa shape index (κ2) is 19.9. The van der Waals surface area contributed by atoms with E-state index in [-0.39, 0.29) is 0 Å². The van der Waals surface area contributed by atoms with Crippen LogP contribution in [0.25, 0.3) is 0 Å². The third-order valence-corrected chi connectivity index (χ3v) is 5.11. The van der Waals surface area contributed by atoms with Gasteiger partial charge in [-0.1, -0.05) is 122 Å². The predicted molar refractivity (Wildman–Crippen MR) is 110 cm³/mol. The summed E-state index contributed by atoms with van der Waals surface area (Å²) in [6, 6.07) is 0. The van der Waals surface area contributed by atoms with Gasteiger partial charge in [0.2, 0.25) is 0 Å². The van der Waals surface area contributed by atoms with Crippen LogP contribution >= 0.6 is 12.2 Å². The molecule has 1 nitrogen and oxygen atoms in total. The highest BCUT2D eigenvalue weighted by Crippen LogP contribution is 2.13. The lowest BCUT2D eigenvalue weighted by atomic mass is 10.0. The molecule has 138 valence electrons. The van der Waals surface area contributed by atoms with E-state index in [1.807, 2.05) is 0 Å². The van der Waals surface area contributed by atoms with Crippen molar-refractivity contribution >= 4 is 17.2 Å². The van der Waals surface area contributed by atoms with E-state index in [0.717, 1.165) is 18.0 Å². The molecule has 0 aliphatic heterocycles. The Balaban J connectivity index is 2.99. The lowest BCUT2D eigenvalue weighted by Gasteiger charge is -2.05. The summed E-state index contributed by atoms with van der Waals surface area (Å²) in [5.41, 5.74) is 0. The maximum absolute atomic E-state index is 5.15. The standard InChI is InChI=1S/C21H43NS/c1-3-5-6-7-8-9-10-11-12-13-14-15-16-17-18-19-20-22-21(23)4-2/h3-20H2,1-2H3,(H,22,23). The van der Waals surface area contributed by atoms with Gasteiger partial charge in [0, 0.05) is 6.54 Å². The third-order valence-electron chi connectivity index (χ3n) is 4.67. The first-order valence-electron chi connectivity index (χ1n) is 10.6. The minimum atomic E-state index is 0.980. The first kappa shape index (κ1) is 22.9. The van der Waals surface area contributed by atoms with Gasteiger partial charge in [0.05, 0.1) is 4.99 Å². The molecule has 0 spiro atoms. The molecule has 2 heteroatoms. The zero-order valence-electron chi connectivity index (χ0n) is 16.1. The van der Waals surface area contributed by atoms with Crippen molar-refractivity contribution in [1.82, 2.24) is 5.32 Å². The van der Waals surface area contributed by atoms with Crippen molar-refractivity contribution in [1.29, 1.82) is 0 Å². The first-order valence-corrected chi connectivity index (χ1v) is 11.0. The van der Waals surface area contributed by atoms with E-state index in [9.17, 15) is 0 Å². The molecular formula is C21H43NS. The van der Waals surface area contributed by atoms with Crippen molar-refractivity contribution in [3.05, 3.63) is 0 Å². The van der Waals surface area contributed by atoms with Crippen molar-refractivity contribution < 1.29 is 0 Å². The van der Waals surface area contributed by atoms with E-state index >= 15 is 0 Å². The molecule has 1 N–H and O–H groups in total. The quantitative estimate of drug-likeness (QED) is 0.204. The van der Waals surface area contributed by atoms with Gasteiger partial charge < -0.3 is 5.32 Å². The van der Waals surface area contributed by atoms with Gasteiger partial charge in [0.1, 0.15) is 0 Å². The number of rotatable bonds is 18. The Hall–Kier alpha value is -0.110. The van der Waals surface area contributed by atoms with E-state index in [4.69, 9.17) is 12.2 Å². The van der Waals surface area contributed by atoms with Crippen molar-refractivity contribution in [3.8, 4) is 0 Å². The maximum Gasteiger partial charge on any atom is 0.0750 e. The lowest BCUT2D eigenvalue weighted by molar-refractivity contribution is 0.529. The van der Waals surface area contributed by atoms with E-state index in [0.29, 0.717) is 0 Å². The van der Waals surface area contributed by atoms with Crippen LogP contribution in [0, 0.1) is 0 Å². The maximum atomic E-state index is 5.15. The fraction of sp³-hybridized carbons (Fsp3) is 0.952. The Morgan fingerprint density at radius 1 is 0.565 bits per heavy atom. The Morgan fingerprint density at radius 2 is 0.913 bits per heavy atom. The summed E-state index contributed by atoms with van der Waals surface area (Å²) in [5, 5.41) is 3.31. The SMILES string of the molecule is CCCCCCCCCCCCCCCCCCNC(=S)CC. The highest BCUT2D eigenvalue weighted by molar-refractivity contribution is 7.80. The topological polar surface area (TPSA) is 12.0 Å². The van der Waals surface area contributed by atoms with Crippen LogP contribution in [0.2, 0.25) is 0 Å². The predicted octanol–water partition coefficient (Wildman–Crippen LogP) is 7.57. The number of unbranched alkanes of at least 4 members (excludes halogenated alkanes) is 15. The summed E-state index contributed by atoms with van der Waals surface area (Å²) < 4.78 is 0. The average molecular weight is 342 g/mol.